The highest BCUT2D eigenvalue weighted by atomic mass is 35.5. The molecule has 0 bridgehead atoms. The molecular formula is C13H13ClN2O4S. The van der Waals surface area contributed by atoms with Gasteiger partial charge >= 0.3 is 0 Å². The molecule has 21 heavy (non-hydrogen) atoms. The van der Waals surface area contributed by atoms with Gasteiger partial charge in [-0.05, 0) is 24.3 Å². The molecule has 0 radical (unpaired) electrons. The Bertz CT molecular complexity index is 701. The fourth-order valence-electron chi connectivity index (χ4n) is 2.78. The molecule has 2 fully saturated rings. The van der Waals surface area contributed by atoms with E-state index in [4.69, 9.17) is 11.6 Å². The van der Waals surface area contributed by atoms with Crippen LogP contribution in [0.4, 0.5) is 0 Å². The zero-order valence-corrected chi connectivity index (χ0v) is 12.5. The molecule has 0 unspecified atom stereocenters. The fraction of sp³-hybridized carbons (Fsp3) is 0.385. The smallest absolute Gasteiger partial charge is 0.254 e. The van der Waals surface area contributed by atoms with Gasteiger partial charge in [0.2, 0.25) is 5.91 Å². The van der Waals surface area contributed by atoms with Crippen LogP contribution in [0.25, 0.3) is 0 Å². The lowest BCUT2D eigenvalue weighted by atomic mass is 10.1. The lowest BCUT2D eigenvalue weighted by Gasteiger charge is -2.36. The lowest BCUT2D eigenvalue weighted by Crippen LogP contribution is -2.61. The SMILES string of the molecule is O=C1CN(C(=O)c2ccc(Cl)cc2)[C@@H]2CS(=O)(=O)C[C@H]2N1. The van der Waals surface area contributed by atoms with E-state index in [0.29, 0.717) is 10.6 Å². The van der Waals surface area contributed by atoms with Crippen molar-refractivity contribution in [3.63, 3.8) is 0 Å². The summed E-state index contributed by atoms with van der Waals surface area (Å²) in [6.45, 7) is -0.127. The summed E-state index contributed by atoms with van der Waals surface area (Å²) in [4.78, 5) is 25.6. The van der Waals surface area contributed by atoms with Crippen molar-refractivity contribution in [3.8, 4) is 0 Å². The number of sulfone groups is 1. The molecule has 2 atom stereocenters. The van der Waals surface area contributed by atoms with Gasteiger partial charge in [0.05, 0.1) is 23.6 Å². The Morgan fingerprint density at radius 2 is 1.90 bits per heavy atom. The van der Waals surface area contributed by atoms with E-state index >= 15 is 0 Å². The normalized spacial score (nSPS) is 27.1. The highest BCUT2D eigenvalue weighted by Crippen LogP contribution is 2.23. The van der Waals surface area contributed by atoms with Gasteiger partial charge in [0.1, 0.15) is 6.54 Å². The summed E-state index contributed by atoms with van der Waals surface area (Å²) in [6, 6.07) is 5.28. The van der Waals surface area contributed by atoms with Gasteiger partial charge in [-0.25, -0.2) is 8.42 Å². The Morgan fingerprint density at radius 1 is 1.24 bits per heavy atom. The molecule has 2 amide bonds. The summed E-state index contributed by atoms with van der Waals surface area (Å²) in [6.07, 6.45) is 0. The van der Waals surface area contributed by atoms with Crippen LogP contribution in [-0.2, 0) is 14.6 Å². The van der Waals surface area contributed by atoms with Crippen LogP contribution in [-0.4, -0.2) is 55.3 Å². The standard InChI is InChI=1S/C13H13ClN2O4S/c14-9-3-1-8(2-4-9)13(18)16-5-12(17)15-10-6-21(19,20)7-11(10)16/h1-4,10-11H,5-7H2,(H,15,17)/t10-,11-/m1/s1. The second kappa shape index (κ2) is 4.99. The van der Waals surface area contributed by atoms with Crippen molar-refractivity contribution in [2.45, 2.75) is 12.1 Å². The maximum Gasteiger partial charge on any atom is 0.254 e. The first-order chi connectivity index (χ1) is 9.85. The van der Waals surface area contributed by atoms with E-state index in [1.807, 2.05) is 0 Å². The Hall–Kier alpha value is -1.60. The maximum atomic E-state index is 12.5. The predicted molar refractivity (Wildman–Crippen MR) is 76.9 cm³/mol. The highest BCUT2D eigenvalue weighted by Gasteiger charge is 2.46. The molecule has 2 saturated heterocycles. The Labute approximate surface area is 127 Å². The number of halogens is 1. The zero-order valence-electron chi connectivity index (χ0n) is 11.0. The van der Waals surface area contributed by atoms with Crippen LogP contribution in [0.15, 0.2) is 24.3 Å². The molecule has 0 aliphatic carbocycles. The first-order valence-electron chi connectivity index (χ1n) is 6.42. The number of hydrogen-bond acceptors (Lipinski definition) is 4. The molecule has 0 saturated carbocycles. The number of nitrogens with zero attached hydrogens (tertiary/aromatic N) is 1. The van der Waals surface area contributed by atoms with Crippen molar-refractivity contribution in [3.05, 3.63) is 34.9 Å². The number of carbonyl (C=O) groups is 2. The summed E-state index contributed by atoms with van der Waals surface area (Å²) in [5, 5.41) is 3.15. The molecule has 1 N–H and O–H groups in total. The van der Waals surface area contributed by atoms with Crippen LogP contribution in [0, 0.1) is 0 Å². The van der Waals surface area contributed by atoms with E-state index in [1.54, 1.807) is 24.3 Å². The molecule has 8 heteroatoms. The minimum atomic E-state index is -3.24. The predicted octanol–water partition coefficient (Wildman–Crippen LogP) is 0.0776. The van der Waals surface area contributed by atoms with Gasteiger partial charge in [-0.2, -0.15) is 0 Å². The zero-order chi connectivity index (χ0) is 15.2. The van der Waals surface area contributed by atoms with E-state index in [9.17, 15) is 18.0 Å². The number of benzene rings is 1. The van der Waals surface area contributed by atoms with Crippen molar-refractivity contribution in [2.24, 2.45) is 0 Å². The molecule has 112 valence electrons. The number of fused-ring (bicyclic) bond motifs is 1. The summed E-state index contributed by atoms with van der Waals surface area (Å²) in [5.41, 5.74) is 0.386. The highest BCUT2D eigenvalue weighted by molar-refractivity contribution is 7.91. The topological polar surface area (TPSA) is 83.6 Å². The fourth-order valence-corrected chi connectivity index (χ4v) is 4.83. The minimum absolute atomic E-state index is 0.114. The van der Waals surface area contributed by atoms with Crippen molar-refractivity contribution in [2.75, 3.05) is 18.1 Å². The second-order valence-corrected chi connectivity index (χ2v) is 7.85. The van der Waals surface area contributed by atoms with Gasteiger partial charge in [-0.3, -0.25) is 9.59 Å². The number of rotatable bonds is 1. The molecule has 6 nitrogen and oxygen atoms in total. The number of carbonyl (C=O) groups excluding carboxylic acids is 2. The second-order valence-electron chi connectivity index (χ2n) is 5.26. The average molecular weight is 329 g/mol. The van der Waals surface area contributed by atoms with E-state index in [-0.39, 0.29) is 29.9 Å². The maximum absolute atomic E-state index is 12.5. The summed E-state index contributed by atoms with van der Waals surface area (Å²) < 4.78 is 23.5. The van der Waals surface area contributed by atoms with Gasteiger partial charge in [0, 0.05) is 10.6 Å². The van der Waals surface area contributed by atoms with Gasteiger partial charge < -0.3 is 10.2 Å². The number of amides is 2. The molecule has 1 aromatic rings. The van der Waals surface area contributed by atoms with Gasteiger partial charge in [-0.1, -0.05) is 11.6 Å². The summed E-state index contributed by atoms with van der Waals surface area (Å²) >= 11 is 5.78. The van der Waals surface area contributed by atoms with Crippen LogP contribution >= 0.6 is 11.6 Å². The Morgan fingerprint density at radius 3 is 2.57 bits per heavy atom. The third kappa shape index (κ3) is 2.75. The monoisotopic (exact) mass is 328 g/mol. The van der Waals surface area contributed by atoms with Crippen LogP contribution in [0.1, 0.15) is 10.4 Å². The Kier molecular flexibility index (Phi) is 3.41. The third-order valence-corrected chi connectivity index (χ3v) is 5.70. The molecule has 2 aliphatic heterocycles. The molecule has 0 spiro atoms. The largest absolute Gasteiger partial charge is 0.349 e. The third-order valence-electron chi connectivity index (χ3n) is 3.74. The number of nitrogens with one attached hydrogen (secondary N) is 1. The molecule has 2 aliphatic rings. The van der Waals surface area contributed by atoms with Crippen molar-refractivity contribution in [1.82, 2.24) is 10.2 Å². The average Bonchev–Trinajstić information content (AvgIpc) is 2.71. The summed E-state index contributed by atoms with van der Waals surface area (Å²) in [7, 11) is -3.24. The van der Waals surface area contributed by atoms with Gasteiger partial charge in [0.15, 0.2) is 9.84 Å². The van der Waals surface area contributed by atoms with E-state index in [2.05, 4.69) is 5.32 Å². The van der Waals surface area contributed by atoms with E-state index < -0.39 is 21.9 Å². The van der Waals surface area contributed by atoms with Crippen LogP contribution < -0.4 is 5.32 Å². The van der Waals surface area contributed by atoms with Gasteiger partial charge in [0.25, 0.3) is 5.91 Å². The van der Waals surface area contributed by atoms with Gasteiger partial charge in [-0.15, -0.1) is 0 Å². The molecule has 0 aromatic heterocycles. The van der Waals surface area contributed by atoms with Crippen molar-refractivity contribution in [1.29, 1.82) is 0 Å². The first-order valence-corrected chi connectivity index (χ1v) is 8.62. The van der Waals surface area contributed by atoms with E-state index in [1.165, 1.54) is 4.90 Å². The molecule has 2 heterocycles. The molecule has 1 aromatic carbocycles. The van der Waals surface area contributed by atoms with Crippen LogP contribution in [0.3, 0.4) is 0 Å². The van der Waals surface area contributed by atoms with Crippen LogP contribution in [0.5, 0.6) is 0 Å². The summed E-state index contributed by atoms with van der Waals surface area (Å²) in [5.74, 6) is -0.922. The quantitative estimate of drug-likeness (QED) is 0.791. The van der Waals surface area contributed by atoms with E-state index in [0.717, 1.165) is 0 Å². The number of piperazine rings is 1. The van der Waals surface area contributed by atoms with Crippen LogP contribution in [0.2, 0.25) is 5.02 Å². The minimum Gasteiger partial charge on any atom is -0.349 e. The lowest BCUT2D eigenvalue weighted by molar-refractivity contribution is -0.125. The van der Waals surface area contributed by atoms with Crippen molar-refractivity contribution < 1.29 is 18.0 Å². The first kappa shape index (κ1) is 14.3. The Balaban J connectivity index is 1.90. The van der Waals surface area contributed by atoms with Crippen molar-refractivity contribution >= 4 is 33.3 Å². The molecular weight excluding hydrogens is 316 g/mol. The number of hydrogen-bond donors (Lipinski definition) is 1. The molecule has 3 rings (SSSR count).